The van der Waals surface area contributed by atoms with E-state index in [0.29, 0.717) is 5.56 Å². The van der Waals surface area contributed by atoms with Gasteiger partial charge < -0.3 is 10.6 Å². The van der Waals surface area contributed by atoms with Gasteiger partial charge in [-0.25, -0.2) is 9.18 Å². The fraction of sp³-hybridized carbons (Fsp3) is 0.200. The van der Waals surface area contributed by atoms with Gasteiger partial charge in [0.1, 0.15) is 17.7 Å². The molecule has 0 aliphatic carbocycles. The number of amidine groups is 1. The maximum Gasteiger partial charge on any atom is 0.345 e. The first-order chi connectivity index (χ1) is 7.50. The number of halogens is 2. The Bertz CT molecular complexity index is 489. The number of amides is 2. The Hall–Kier alpha value is -1.62. The van der Waals surface area contributed by atoms with Gasteiger partial charge in [-0.1, -0.05) is 17.7 Å². The number of benzene rings is 1. The number of hydrogen-bond acceptors (Lipinski definition) is 2. The van der Waals surface area contributed by atoms with Gasteiger partial charge in [0.2, 0.25) is 0 Å². The highest BCUT2D eigenvalue weighted by Gasteiger charge is 2.32. The standard InChI is InChI=1S/C10H9ClFN3O/c1-15-8(9(13)14-10(15)16)6-3-2-5(12)4-7(6)11/h2-4,8H,1H3,(H2,13,14,16). The Balaban J connectivity index is 2.45. The summed E-state index contributed by atoms with van der Waals surface area (Å²) >= 11 is 5.90. The summed E-state index contributed by atoms with van der Waals surface area (Å²) < 4.78 is 12.9. The molecule has 1 unspecified atom stereocenters. The lowest BCUT2D eigenvalue weighted by atomic mass is 10.1. The predicted octanol–water partition coefficient (Wildman–Crippen LogP) is 1.94. The minimum Gasteiger partial charge on any atom is -0.385 e. The molecule has 0 aromatic heterocycles. The van der Waals surface area contributed by atoms with E-state index in [1.54, 1.807) is 7.05 Å². The van der Waals surface area contributed by atoms with Gasteiger partial charge in [-0.05, 0) is 12.1 Å². The average molecular weight is 242 g/mol. The minimum absolute atomic E-state index is 0.168. The number of hydrogen-bond donors (Lipinski definition) is 1. The van der Waals surface area contributed by atoms with Crippen LogP contribution in [0.15, 0.2) is 23.2 Å². The van der Waals surface area contributed by atoms with E-state index in [1.807, 2.05) is 0 Å². The maximum absolute atomic E-state index is 12.9. The lowest BCUT2D eigenvalue weighted by molar-refractivity contribution is 0.218. The monoisotopic (exact) mass is 241 g/mol. The van der Waals surface area contributed by atoms with Crippen LogP contribution in [-0.4, -0.2) is 23.8 Å². The van der Waals surface area contributed by atoms with Crippen molar-refractivity contribution in [1.29, 1.82) is 0 Å². The molecule has 0 saturated heterocycles. The Labute approximate surface area is 96.5 Å². The number of rotatable bonds is 1. The van der Waals surface area contributed by atoms with Crippen LogP contribution >= 0.6 is 11.6 Å². The third-order valence-electron chi connectivity index (χ3n) is 2.45. The summed E-state index contributed by atoms with van der Waals surface area (Å²) in [6.45, 7) is 0. The van der Waals surface area contributed by atoms with Crippen molar-refractivity contribution in [3.63, 3.8) is 0 Å². The Morgan fingerprint density at radius 1 is 1.56 bits per heavy atom. The van der Waals surface area contributed by atoms with Gasteiger partial charge in [-0.3, -0.25) is 0 Å². The highest BCUT2D eigenvalue weighted by atomic mass is 35.5. The summed E-state index contributed by atoms with van der Waals surface area (Å²) in [5, 5.41) is 0.227. The molecule has 1 aliphatic heterocycles. The first-order valence-electron chi connectivity index (χ1n) is 4.56. The smallest absolute Gasteiger partial charge is 0.345 e. The molecule has 0 spiro atoms. The quantitative estimate of drug-likeness (QED) is 0.817. The van der Waals surface area contributed by atoms with Gasteiger partial charge in [0.05, 0.1) is 0 Å². The molecule has 2 amide bonds. The molecule has 1 aliphatic rings. The van der Waals surface area contributed by atoms with E-state index in [2.05, 4.69) is 4.99 Å². The zero-order valence-electron chi connectivity index (χ0n) is 8.45. The second-order valence-corrected chi connectivity index (χ2v) is 3.91. The SMILES string of the molecule is CN1C(=O)N=C(N)C1c1ccc(F)cc1Cl. The minimum atomic E-state index is -0.513. The Morgan fingerprint density at radius 3 is 2.75 bits per heavy atom. The zero-order chi connectivity index (χ0) is 11.9. The van der Waals surface area contributed by atoms with Crippen LogP contribution < -0.4 is 5.73 Å². The first kappa shape index (κ1) is 10.9. The number of nitrogens with zero attached hydrogens (tertiary/aromatic N) is 2. The fourth-order valence-electron chi connectivity index (χ4n) is 1.65. The largest absolute Gasteiger partial charge is 0.385 e. The van der Waals surface area contributed by atoms with Crippen molar-refractivity contribution >= 4 is 23.5 Å². The molecule has 0 radical (unpaired) electrons. The molecule has 0 fully saturated rings. The molecular weight excluding hydrogens is 233 g/mol. The third kappa shape index (κ3) is 1.63. The normalized spacial score (nSPS) is 20.2. The van der Waals surface area contributed by atoms with Crippen LogP contribution in [-0.2, 0) is 0 Å². The molecule has 1 atom stereocenters. The third-order valence-corrected chi connectivity index (χ3v) is 2.78. The molecule has 4 nitrogen and oxygen atoms in total. The molecule has 0 bridgehead atoms. The average Bonchev–Trinajstić information content (AvgIpc) is 2.43. The van der Waals surface area contributed by atoms with Crippen LogP contribution in [0.2, 0.25) is 5.02 Å². The van der Waals surface area contributed by atoms with Crippen molar-refractivity contribution in [3.8, 4) is 0 Å². The number of likely N-dealkylation sites (N-methyl/N-ethyl adjacent to an activating group) is 1. The molecule has 84 valence electrons. The second-order valence-electron chi connectivity index (χ2n) is 3.50. The van der Waals surface area contributed by atoms with Crippen LogP contribution in [0.3, 0.4) is 0 Å². The molecular formula is C10H9ClFN3O. The number of carbonyl (C=O) groups is 1. The Morgan fingerprint density at radius 2 is 2.25 bits per heavy atom. The molecule has 6 heteroatoms. The predicted molar refractivity (Wildman–Crippen MR) is 58.9 cm³/mol. The highest BCUT2D eigenvalue weighted by molar-refractivity contribution is 6.31. The summed E-state index contributed by atoms with van der Waals surface area (Å²) in [4.78, 5) is 16.3. The Kier molecular flexibility index (Phi) is 2.55. The molecule has 1 aromatic rings. The van der Waals surface area contributed by atoms with Crippen LogP contribution in [0.5, 0.6) is 0 Å². The molecule has 16 heavy (non-hydrogen) atoms. The van der Waals surface area contributed by atoms with Crippen molar-refractivity contribution in [2.75, 3.05) is 7.05 Å². The second kappa shape index (κ2) is 3.75. The van der Waals surface area contributed by atoms with Crippen molar-refractivity contribution in [2.45, 2.75) is 6.04 Å². The molecule has 1 aromatic carbocycles. The molecule has 2 N–H and O–H groups in total. The summed E-state index contributed by atoms with van der Waals surface area (Å²) in [5.74, 6) is -0.266. The van der Waals surface area contributed by atoms with E-state index in [-0.39, 0.29) is 10.9 Å². The lowest BCUT2D eigenvalue weighted by Crippen LogP contribution is -2.30. The van der Waals surface area contributed by atoms with E-state index in [4.69, 9.17) is 17.3 Å². The summed E-state index contributed by atoms with van der Waals surface area (Å²) in [5.41, 5.74) is 6.20. The van der Waals surface area contributed by atoms with Crippen LogP contribution in [0.4, 0.5) is 9.18 Å². The molecule has 2 rings (SSSR count). The van der Waals surface area contributed by atoms with Gasteiger partial charge in [0.15, 0.2) is 0 Å². The zero-order valence-corrected chi connectivity index (χ0v) is 9.20. The van der Waals surface area contributed by atoms with Gasteiger partial charge >= 0.3 is 6.03 Å². The topological polar surface area (TPSA) is 58.7 Å². The van der Waals surface area contributed by atoms with Crippen LogP contribution in [0.25, 0.3) is 0 Å². The summed E-state index contributed by atoms with van der Waals surface area (Å²) in [7, 11) is 1.57. The summed E-state index contributed by atoms with van der Waals surface area (Å²) in [6, 6.07) is 3.01. The lowest BCUT2D eigenvalue weighted by Gasteiger charge is -2.20. The van der Waals surface area contributed by atoms with Crippen LogP contribution in [0, 0.1) is 5.82 Å². The molecule has 1 heterocycles. The van der Waals surface area contributed by atoms with E-state index >= 15 is 0 Å². The van der Waals surface area contributed by atoms with Crippen molar-refractivity contribution in [2.24, 2.45) is 10.7 Å². The molecule has 0 saturated carbocycles. The summed E-state index contributed by atoms with van der Waals surface area (Å²) in [6.07, 6.45) is 0. The number of aliphatic imine (C=N–C) groups is 1. The van der Waals surface area contributed by atoms with Crippen LogP contribution in [0.1, 0.15) is 11.6 Å². The van der Waals surface area contributed by atoms with E-state index < -0.39 is 17.9 Å². The van der Waals surface area contributed by atoms with Crippen molar-refractivity contribution < 1.29 is 9.18 Å². The number of nitrogens with two attached hydrogens (primary N) is 1. The van der Waals surface area contributed by atoms with Crippen molar-refractivity contribution in [3.05, 3.63) is 34.6 Å². The van der Waals surface area contributed by atoms with E-state index in [9.17, 15) is 9.18 Å². The van der Waals surface area contributed by atoms with E-state index in [1.165, 1.54) is 23.1 Å². The fourth-order valence-corrected chi connectivity index (χ4v) is 1.92. The van der Waals surface area contributed by atoms with Gasteiger partial charge in [0, 0.05) is 17.6 Å². The van der Waals surface area contributed by atoms with Gasteiger partial charge in [-0.15, -0.1) is 0 Å². The van der Waals surface area contributed by atoms with E-state index in [0.717, 1.165) is 0 Å². The van der Waals surface area contributed by atoms with Gasteiger partial charge in [-0.2, -0.15) is 4.99 Å². The maximum atomic E-state index is 12.9. The van der Waals surface area contributed by atoms with Gasteiger partial charge in [0.25, 0.3) is 0 Å². The first-order valence-corrected chi connectivity index (χ1v) is 4.94. The van der Waals surface area contributed by atoms with Crippen molar-refractivity contribution in [1.82, 2.24) is 4.90 Å². The number of carbonyl (C=O) groups excluding carboxylic acids is 1. The highest BCUT2D eigenvalue weighted by Crippen LogP contribution is 2.30. The number of urea groups is 1.